The van der Waals surface area contributed by atoms with Crippen LogP contribution in [0, 0.1) is 5.82 Å². The molecule has 1 heterocycles. The molecule has 0 bridgehead atoms. The molecular formula is C23H21BrFNO4. The summed E-state index contributed by atoms with van der Waals surface area (Å²) in [5.74, 6) is 2.52. The number of methoxy groups -OCH3 is 1. The fourth-order valence-electron chi connectivity index (χ4n) is 3.16. The molecule has 0 saturated carbocycles. The maximum absolute atomic E-state index is 13.0. The molecule has 1 aliphatic rings. The third kappa shape index (κ3) is 4.86. The molecule has 0 fully saturated rings. The largest absolute Gasteiger partial charge is 0.493 e. The summed E-state index contributed by atoms with van der Waals surface area (Å²) in [6.45, 7) is 1.89. The Balaban J connectivity index is 1.39. The van der Waals surface area contributed by atoms with Crippen LogP contribution in [0.5, 0.6) is 23.0 Å². The van der Waals surface area contributed by atoms with Crippen LogP contribution in [0.1, 0.15) is 16.7 Å². The highest BCUT2D eigenvalue weighted by Crippen LogP contribution is 2.38. The summed E-state index contributed by atoms with van der Waals surface area (Å²) in [7, 11) is 1.62. The van der Waals surface area contributed by atoms with Crippen molar-refractivity contribution in [3.63, 3.8) is 0 Å². The van der Waals surface area contributed by atoms with Crippen molar-refractivity contribution in [2.45, 2.75) is 19.7 Å². The van der Waals surface area contributed by atoms with E-state index < -0.39 is 0 Å². The average molecular weight is 474 g/mol. The van der Waals surface area contributed by atoms with Crippen LogP contribution in [0.15, 0.2) is 59.1 Å². The van der Waals surface area contributed by atoms with Crippen LogP contribution in [0.2, 0.25) is 0 Å². The normalized spacial score (nSPS) is 12.1. The Morgan fingerprint density at radius 1 is 0.933 bits per heavy atom. The van der Waals surface area contributed by atoms with Gasteiger partial charge in [-0.05, 0) is 69.0 Å². The number of benzene rings is 3. The SMILES string of the molecule is COc1cc(CNCc2ccc(F)cc2)cc(Br)c1OCc1ccc2c(c1)OCO2. The number of ether oxygens (including phenoxy) is 4. The fourth-order valence-corrected chi connectivity index (χ4v) is 3.76. The lowest BCUT2D eigenvalue weighted by atomic mass is 10.1. The smallest absolute Gasteiger partial charge is 0.231 e. The minimum absolute atomic E-state index is 0.233. The van der Waals surface area contributed by atoms with E-state index in [0.29, 0.717) is 31.2 Å². The van der Waals surface area contributed by atoms with Crippen molar-refractivity contribution in [1.29, 1.82) is 0 Å². The van der Waals surface area contributed by atoms with Crippen LogP contribution < -0.4 is 24.3 Å². The van der Waals surface area contributed by atoms with Crippen LogP contribution in [0.3, 0.4) is 0 Å². The number of hydrogen-bond donors (Lipinski definition) is 1. The zero-order chi connectivity index (χ0) is 20.9. The van der Waals surface area contributed by atoms with Gasteiger partial charge in [-0.25, -0.2) is 4.39 Å². The van der Waals surface area contributed by atoms with Crippen molar-refractivity contribution >= 4 is 15.9 Å². The average Bonchev–Trinajstić information content (AvgIpc) is 3.22. The number of nitrogens with one attached hydrogen (secondary N) is 1. The minimum atomic E-state index is -0.233. The van der Waals surface area contributed by atoms with Crippen LogP contribution in [-0.4, -0.2) is 13.9 Å². The first-order valence-corrected chi connectivity index (χ1v) is 10.2. The molecule has 0 aromatic heterocycles. The summed E-state index contributed by atoms with van der Waals surface area (Å²) >= 11 is 3.59. The predicted molar refractivity (Wildman–Crippen MR) is 115 cm³/mol. The van der Waals surface area contributed by atoms with Gasteiger partial charge in [0, 0.05) is 13.1 Å². The van der Waals surface area contributed by atoms with Gasteiger partial charge in [0.15, 0.2) is 23.0 Å². The standard InChI is InChI=1S/C23H21BrFNO4/c1-27-22-10-17(12-26-11-15-2-5-18(25)6-3-15)8-19(24)23(22)28-13-16-4-7-20-21(9-16)30-14-29-20/h2-10,26H,11-14H2,1H3. The van der Waals surface area contributed by atoms with Crippen LogP contribution in [0.4, 0.5) is 4.39 Å². The molecule has 0 saturated heterocycles. The Kier molecular flexibility index (Phi) is 6.40. The summed E-state index contributed by atoms with van der Waals surface area (Å²) in [6.07, 6.45) is 0. The highest BCUT2D eigenvalue weighted by molar-refractivity contribution is 9.10. The van der Waals surface area contributed by atoms with Crippen molar-refractivity contribution in [2.75, 3.05) is 13.9 Å². The predicted octanol–water partition coefficient (Wildman–Crippen LogP) is 5.19. The molecule has 0 atom stereocenters. The Morgan fingerprint density at radius 3 is 2.47 bits per heavy atom. The van der Waals surface area contributed by atoms with Crippen molar-refractivity contribution < 1.29 is 23.3 Å². The Hall–Kier alpha value is -2.77. The first kappa shape index (κ1) is 20.5. The van der Waals surface area contributed by atoms with Crippen molar-refractivity contribution in [1.82, 2.24) is 5.32 Å². The lowest BCUT2D eigenvalue weighted by Gasteiger charge is -2.15. The summed E-state index contributed by atoms with van der Waals surface area (Å²) in [4.78, 5) is 0. The Morgan fingerprint density at radius 2 is 1.67 bits per heavy atom. The lowest BCUT2D eigenvalue weighted by Crippen LogP contribution is -2.13. The first-order valence-electron chi connectivity index (χ1n) is 9.45. The molecule has 0 radical (unpaired) electrons. The van der Waals surface area contributed by atoms with Gasteiger partial charge >= 0.3 is 0 Å². The number of hydrogen-bond acceptors (Lipinski definition) is 5. The van der Waals surface area contributed by atoms with E-state index >= 15 is 0 Å². The highest BCUT2D eigenvalue weighted by Gasteiger charge is 2.15. The van der Waals surface area contributed by atoms with E-state index in [2.05, 4.69) is 21.2 Å². The van der Waals surface area contributed by atoms with Gasteiger partial charge < -0.3 is 24.3 Å². The van der Waals surface area contributed by atoms with Crippen LogP contribution in [-0.2, 0) is 19.7 Å². The molecule has 156 valence electrons. The summed E-state index contributed by atoms with van der Waals surface area (Å²) < 4.78 is 36.1. The van der Waals surface area contributed by atoms with Gasteiger partial charge in [-0.2, -0.15) is 0 Å². The second-order valence-corrected chi connectivity index (χ2v) is 7.67. The molecule has 0 spiro atoms. The second kappa shape index (κ2) is 9.36. The monoisotopic (exact) mass is 473 g/mol. The zero-order valence-corrected chi connectivity index (χ0v) is 18.0. The van der Waals surface area contributed by atoms with Gasteiger partial charge in [0.25, 0.3) is 0 Å². The first-order chi connectivity index (χ1) is 14.6. The third-order valence-electron chi connectivity index (χ3n) is 4.68. The molecule has 1 N–H and O–H groups in total. The molecule has 0 unspecified atom stereocenters. The van der Waals surface area contributed by atoms with E-state index in [-0.39, 0.29) is 12.6 Å². The maximum Gasteiger partial charge on any atom is 0.231 e. The van der Waals surface area contributed by atoms with E-state index in [9.17, 15) is 4.39 Å². The van der Waals surface area contributed by atoms with Gasteiger partial charge in [0.05, 0.1) is 11.6 Å². The third-order valence-corrected chi connectivity index (χ3v) is 5.27. The number of fused-ring (bicyclic) bond motifs is 1. The Bertz CT molecular complexity index is 1030. The van der Waals surface area contributed by atoms with Crippen molar-refractivity contribution in [2.24, 2.45) is 0 Å². The molecule has 3 aromatic rings. The van der Waals surface area contributed by atoms with E-state index in [1.807, 2.05) is 30.3 Å². The second-order valence-electron chi connectivity index (χ2n) is 6.82. The highest BCUT2D eigenvalue weighted by atomic mass is 79.9. The quantitative estimate of drug-likeness (QED) is 0.487. The van der Waals surface area contributed by atoms with Crippen LogP contribution >= 0.6 is 15.9 Å². The van der Waals surface area contributed by atoms with Crippen molar-refractivity contribution in [3.8, 4) is 23.0 Å². The van der Waals surface area contributed by atoms with Gasteiger partial charge in [0.1, 0.15) is 12.4 Å². The molecule has 7 heteroatoms. The molecule has 5 nitrogen and oxygen atoms in total. The number of halogens is 2. The molecule has 4 rings (SSSR count). The molecule has 0 amide bonds. The van der Waals surface area contributed by atoms with Gasteiger partial charge in [-0.1, -0.05) is 18.2 Å². The molecule has 30 heavy (non-hydrogen) atoms. The summed E-state index contributed by atoms with van der Waals surface area (Å²) in [5.41, 5.74) is 3.03. The summed E-state index contributed by atoms with van der Waals surface area (Å²) in [5, 5.41) is 3.35. The topological polar surface area (TPSA) is 49.0 Å². The molecule has 0 aliphatic carbocycles. The maximum atomic E-state index is 13.0. The van der Waals surface area contributed by atoms with Gasteiger partial charge in [-0.15, -0.1) is 0 Å². The molecular weight excluding hydrogens is 453 g/mol. The van der Waals surface area contributed by atoms with E-state index in [4.69, 9.17) is 18.9 Å². The fraction of sp³-hybridized carbons (Fsp3) is 0.217. The van der Waals surface area contributed by atoms with E-state index in [1.165, 1.54) is 12.1 Å². The summed E-state index contributed by atoms with van der Waals surface area (Å²) in [6, 6.07) is 16.1. The van der Waals surface area contributed by atoms with Gasteiger partial charge in [0.2, 0.25) is 6.79 Å². The zero-order valence-electron chi connectivity index (χ0n) is 16.4. The van der Waals surface area contributed by atoms with E-state index in [0.717, 1.165) is 32.7 Å². The Labute approximate surface area is 182 Å². The lowest BCUT2D eigenvalue weighted by molar-refractivity contribution is 0.174. The minimum Gasteiger partial charge on any atom is -0.493 e. The van der Waals surface area contributed by atoms with E-state index in [1.54, 1.807) is 19.2 Å². The molecule has 3 aromatic carbocycles. The van der Waals surface area contributed by atoms with Crippen molar-refractivity contribution in [3.05, 3.63) is 81.6 Å². The number of rotatable bonds is 8. The molecule has 1 aliphatic heterocycles. The van der Waals surface area contributed by atoms with Crippen LogP contribution in [0.25, 0.3) is 0 Å². The van der Waals surface area contributed by atoms with Gasteiger partial charge in [-0.3, -0.25) is 0 Å².